The van der Waals surface area contributed by atoms with Gasteiger partial charge >= 0.3 is 0 Å². The molecule has 0 unspecified atom stereocenters. The Hall–Kier alpha value is -2.20. The monoisotopic (exact) mass is 273 g/mol. The molecule has 0 aliphatic rings. The van der Waals surface area contributed by atoms with Crippen LogP contribution in [0.5, 0.6) is 17.2 Å². The van der Waals surface area contributed by atoms with Gasteiger partial charge in [-0.05, 0) is 36.2 Å². The minimum Gasteiger partial charge on any atom is -0.494 e. The van der Waals surface area contributed by atoms with Crippen molar-refractivity contribution in [2.45, 2.75) is 6.42 Å². The van der Waals surface area contributed by atoms with Gasteiger partial charge in [0, 0.05) is 7.11 Å². The van der Waals surface area contributed by atoms with Crippen molar-refractivity contribution < 1.29 is 14.2 Å². The van der Waals surface area contributed by atoms with E-state index in [0.29, 0.717) is 23.8 Å². The molecular formula is C16H19NO3. The van der Waals surface area contributed by atoms with Gasteiger partial charge in [-0.15, -0.1) is 0 Å². The largest absolute Gasteiger partial charge is 0.494 e. The predicted octanol–water partition coefficient (Wildman–Crippen LogP) is 3.26. The minimum atomic E-state index is 0.499. The van der Waals surface area contributed by atoms with Crippen molar-refractivity contribution >= 4 is 5.69 Å². The number of nitrogen functional groups attached to an aromatic ring is 1. The van der Waals surface area contributed by atoms with Gasteiger partial charge in [-0.25, -0.2) is 0 Å². The Bertz CT molecular complexity index is 552. The van der Waals surface area contributed by atoms with Crippen molar-refractivity contribution in [3.05, 3.63) is 48.0 Å². The van der Waals surface area contributed by atoms with E-state index in [4.69, 9.17) is 19.9 Å². The molecule has 4 heteroatoms. The van der Waals surface area contributed by atoms with Gasteiger partial charge in [0.15, 0.2) is 5.75 Å². The quantitative estimate of drug-likeness (QED) is 0.821. The second-order valence-corrected chi connectivity index (χ2v) is 4.36. The van der Waals surface area contributed by atoms with Crippen molar-refractivity contribution in [1.82, 2.24) is 0 Å². The lowest BCUT2D eigenvalue weighted by atomic mass is 10.1. The van der Waals surface area contributed by atoms with Crippen LogP contribution in [0, 0.1) is 0 Å². The van der Waals surface area contributed by atoms with Crippen molar-refractivity contribution in [2.75, 3.05) is 26.6 Å². The number of hydrogen-bond donors (Lipinski definition) is 1. The van der Waals surface area contributed by atoms with Crippen LogP contribution >= 0.6 is 0 Å². The number of benzene rings is 2. The van der Waals surface area contributed by atoms with Crippen LogP contribution in [0.25, 0.3) is 0 Å². The van der Waals surface area contributed by atoms with E-state index < -0.39 is 0 Å². The molecule has 2 aromatic rings. The molecular weight excluding hydrogens is 254 g/mol. The third kappa shape index (κ3) is 3.42. The zero-order valence-corrected chi connectivity index (χ0v) is 11.8. The SMILES string of the molecule is COCCc1ccc(Oc2cccc(OC)c2N)cc1. The Labute approximate surface area is 119 Å². The maximum atomic E-state index is 5.97. The highest BCUT2D eigenvalue weighted by Gasteiger charge is 2.07. The second-order valence-electron chi connectivity index (χ2n) is 4.36. The van der Waals surface area contributed by atoms with E-state index in [9.17, 15) is 0 Å². The molecule has 0 aliphatic heterocycles. The number of methoxy groups -OCH3 is 2. The first-order valence-electron chi connectivity index (χ1n) is 6.43. The molecule has 0 bridgehead atoms. The van der Waals surface area contributed by atoms with E-state index in [-0.39, 0.29) is 0 Å². The Balaban J connectivity index is 2.10. The molecule has 2 rings (SSSR count). The van der Waals surface area contributed by atoms with E-state index >= 15 is 0 Å². The molecule has 0 radical (unpaired) electrons. The van der Waals surface area contributed by atoms with Crippen LogP contribution in [0.15, 0.2) is 42.5 Å². The highest BCUT2D eigenvalue weighted by Crippen LogP contribution is 2.34. The third-order valence-electron chi connectivity index (χ3n) is 2.99. The Kier molecular flexibility index (Phi) is 4.85. The summed E-state index contributed by atoms with van der Waals surface area (Å²) in [6.45, 7) is 0.711. The lowest BCUT2D eigenvalue weighted by Crippen LogP contribution is -1.96. The van der Waals surface area contributed by atoms with Crippen molar-refractivity contribution in [1.29, 1.82) is 0 Å². The normalized spacial score (nSPS) is 10.3. The Morgan fingerprint density at radius 2 is 1.65 bits per heavy atom. The highest BCUT2D eigenvalue weighted by molar-refractivity contribution is 5.63. The first-order valence-corrected chi connectivity index (χ1v) is 6.43. The molecule has 20 heavy (non-hydrogen) atoms. The lowest BCUT2D eigenvalue weighted by molar-refractivity contribution is 0.202. The first kappa shape index (κ1) is 14.2. The van der Waals surface area contributed by atoms with Gasteiger partial charge in [0.05, 0.1) is 13.7 Å². The number of para-hydroxylation sites is 1. The molecule has 0 saturated heterocycles. The van der Waals surface area contributed by atoms with Crippen LogP contribution in [-0.2, 0) is 11.2 Å². The average Bonchev–Trinajstić information content (AvgIpc) is 2.48. The Morgan fingerprint density at radius 3 is 2.30 bits per heavy atom. The molecule has 0 spiro atoms. The maximum absolute atomic E-state index is 5.97. The topological polar surface area (TPSA) is 53.7 Å². The molecule has 0 aromatic heterocycles. The van der Waals surface area contributed by atoms with E-state index in [1.165, 1.54) is 5.56 Å². The molecule has 2 aromatic carbocycles. The van der Waals surface area contributed by atoms with Gasteiger partial charge in [-0.3, -0.25) is 0 Å². The summed E-state index contributed by atoms with van der Waals surface area (Å²) in [5, 5.41) is 0. The van der Waals surface area contributed by atoms with E-state index in [1.54, 1.807) is 20.3 Å². The molecule has 4 nitrogen and oxygen atoms in total. The van der Waals surface area contributed by atoms with Gasteiger partial charge in [-0.2, -0.15) is 0 Å². The molecule has 0 aliphatic carbocycles. The predicted molar refractivity (Wildman–Crippen MR) is 79.5 cm³/mol. The zero-order chi connectivity index (χ0) is 14.4. The summed E-state index contributed by atoms with van der Waals surface area (Å²) in [4.78, 5) is 0. The molecule has 0 fully saturated rings. The van der Waals surface area contributed by atoms with Gasteiger partial charge in [-0.1, -0.05) is 18.2 Å². The summed E-state index contributed by atoms with van der Waals surface area (Å²) in [6, 6.07) is 13.3. The third-order valence-corrected chi connectivity index (χ3v) is 2.99. The number of rotatable bonds is 6. The fraction of sp³-hybridized carbons (Fsp3) is 0.250. The van der Waals surface area contributed by atoms with Crippen LogP contribution in [0.3, 0.4) is 0 Å². The number of ether oxygens (including phenoxy) is 3. The van der Waals surface area contributed by atoms with Crippen molar-refractivity contribution in [3.63, 3.8) is 0 Å². The summed E-state index contributed by atoms with van der Waals surface area (Å²) in [7, 11) is 3.28. The van der Waals surface area contributed by atoms with Gasteiger partial charge in [0.1, 0.15) is 17.2 Å². The summed E-state index contributed by atoms with van der Waals surface area (Å²) in [5.74, 6) is 1.94. The van der Waals surface area contributed by atoms with Crippen LogP contribution in [0.4, 0.5) is 5.69 Å². The van der Waals surface area contributed by atoms with Crippen LogP contribution < -0.4 is 15.2 Å². The minimum absolute atomic E-state index is 0.499. The molecule has 0 atom stereocenters. The fourth-order valence-corrected chi connectivity index (χ4v) is 1.86. The number of anilines is 1. The number of hydrogen-bond acceptors (Lipinski definition) is 4. The summed E-state index contributed by atoms with van der Waals surface area (Å²) >= 11 is 0. The van der Waals surface area contributed by atoms with Crippen LogP contribution in [0.2, 0.25) is 0 Å². The molecule has 0 heterocycles. The first-order chi connectivity index (χ1) is 9.74. The molecule has 106 valence electrons. The maximum Gasteiger partial charge on any atom is 0.154 e. The van der Waals surface area contributed by atoms with Gasteiger partial charge < -0.3 is 19.9 Å². The van der Waals surface area contributed by atoms with Gasteiger partial charge in [0.25, 0.3) is 0 Å². The summed E-state index contributed by atoms with van der Waals surface area (Å²) in [5.41, 5.74) is 7.68. The fourth-order valence-electron chi connectivity index (χ4n) is 1.86. The highest BCUT2D eigenvalue weighted by atomic mass is 16.5. The van der Waals surface area contributed by atoms with Crippen molar-refractivity contribution in [3.8, 4) is 17.2 Å². The standard InChI is InChI=1S/C16H19NO3/c1-18-11-10-12-6-8-13(9-7-12)20-15-5-3-4-14(19-2)16(15)17/h3-9H,10-11,17H2,1-2H3. The van der Waals surface area contributed by atoms with Crippen LogP contribution in [-0.4, -0.2) is 20.8 Å². The second kappa shape index (κ2) is 6.82. The summed E-state index contributed by atoms with van der Waals surface area (Å²) in [6.07, 6.45) is 0.887. The van der Waals surface area contributed by atoms with Gasteiger partial charge in [0.2, 0.25) is 0 Å². The van der Waals surface area contributed by atoms with E-state index in [0.717, 1.165) is 12.2 Å². The van der Waals surface area contributed by atoms with Crippen molar-refractivity contribution in [2.24, 2.45) is 0 Å². The molecule has 0 amide bonds. The molecule has 0 saturated carbocycles. The summed E-state index contributed by atoms with van der Waals surface area (Å²) < 4.78 is 16.0. The smallest absolute Gasteiger partial charge is 0.154 e. The van der Waals surface area contributed by atoms with E-state index in [2.05, 4.69) is 0 Å². The number of nitrogens with two attached hydrogens (primary N) is 1. The lowest BCUT2D eigenvalue weighted by Gasteiger charge is -2.11. The zero-order valence-electron chi connectivity index (χ0n) is 11.8. The molecule has 2 N–H and O–H groups in total. The average molecular weight is 273 g/mol. The van der Waals surface area contributed by atoms with Crippen LogP contribution in [0.1, 0.15) is 5.56 Å². The van der Waals surface area contributed by atoms with E-state index in [1.807, 2.05) is 36.4 Å². The Morgan fingerprint density at radius 1 is 0.950 bits per heavy atom.